The molecule has 0 spiro atoms. The highest BCUT2D eigenvalue weighted by molar-refractivity contribution is 9.10. The molecule has 0 aliphatic carbocycles. The first kappa shape index (κ1) is 15.4. The average Bonchev–Trinajstić information content (AvgIpc) is 2.45. The Labute approximate surface area is 129 Å². The Morgan fingerprint density at radius 3 is 2.57 bits per heavy atom. The highest BCUT2D eigenvalue weighted by Gasteiger charge is 2.12. The predicted molar refractivity (Wildman–Crippen MR) is 79.2 cm³/mol. The molecule has 3 nitrogen and oxygen atoms in total. The predicted octanol–water partition coefficient (Wildman–Crippen LogP) is 4.13. The molecule has 0 radical (unpaired) electrons. The standard InChI is InChI=1S/C15H12BrF2NO2/c1-21-15(20)11-4-2-9(6-12(11)17)8-19-14-5-3-10(16)7-13(14)18/h2-7,19H,8H2,1H3. The van der Waals surface area contributed by atoms with Crippen molar-refractivity contribution in [3.63, 3.8) is 0 Å². The van der Waals surface area contributed by atoms with Gasteiger partial charge in [-0.3, -0.25) is 0 Å². The summed E-state index contributed by atoms with van der Waals surface area (Å²) in [4.78, 5) is 11.3. The van der Waals surface area contributed by atoms with E-state index in [4.69, 9.17) is 0 Å². The van der Waals surface area contributed by atoms with Crippen LogP contribution >= 0.6 is 15.9 Å². The molecule has 0 aliphatic heterocycles. The van der Waals surface area contributed by atoms with Gasteiger partial charge in [-0.1, -0.05) is 22.0 Å². The fourth-order valence-electron chi connectivity index (χ4n) is 1.77. The molecule has 110 valence electrons. The Morgan fingerprint density at radius 2 is 1.95 bits per heavy atom. The minimum Gasteiger partial charge on any atom is -0.465 e. The van der Waals surface area contributed by atoms with Gasteiger partial charge in [0.25, 0.3) is 0 Å². The Kier molecular flexibility index (Phi) is 4.90. The summed E-state index contributed by atoms with van der Waals surface area (Å²) in [6.07, 6.45) is 0. The largest absolute Gasteiger partial charge is 0.465 e. The lowest BCUT2D eigenvalue weighted by atomic mass is 10.1. The van der Waals surface area contributed by atoms with Crippen molar-refractivity contribution in [1.29, 1.82) is 0 Å². The van der Waals surface area contributed by atoms with E-state index >= 15 is 0 Å². The number of ether oxygens (including phenoxy) is 1. The number of carbonyl (C=O) groups is 1. The molecule has 0 bridgehead atoms. The van der Waals surface area contributed by atoms with Gasteiger partial charge in [-0.05, 0) is 35.9 Å². The van der Waals surface area contributed by atoms with Crippen molar-refractivity contribution < 1.29 is 18.3 Å². The van der Waals surface area contributed by atoms with E-state index in [1.54, 1.807) is 18.2 Å². The summed E-state index contributed by atoms with van der Waals surface area (Å²) in [7, 11) is 1.19. The highest BCUT2D eigenvalue weighted by atomic mass is 79.9. The Hall–Kier alpha value is -1.95. The SMILES string of the molecule is COC(=O)c1ccc(CNc2ccc(Br)cc2F)cc1F. The second kappa shape index (κ2) is 6.67. The van der Waals surface area contributed by atoms with Gasteiger partial charge < -0.3 is 10.1 Å². The number of hydrogen-bond donors (Lipinski definition) is 1. The minimum absolute atomic E-state index is 0.129. The minimum atomic E-state index is -0.731. The molecule has 21 heavy (non-hydrogen) atoms. The van der Waals surface area contributed by atoms with Gasteiger partial charge in [-0.15, -0.1) is 0 Å². The van der Waals surface area contributed by atoms with Crippen LogP contribution in [0.4, 0.5) is 14.5 Å². The topological polar surface area (TPSA) is 38.3 Å². The molecule has 1 N–H and O–H groups in total. The van der Waals surface area contributed by atoms with Gasteiger partial charge in [0, 0.05) is 11.0 Å². The molecule has 2 rings (SSSR count). The number of methoxy groups -OCH3 is 1. The third-order valence-corrected chi connectivity index (χ3v) is 3.35. The van der Waals surface area contributed by atoms with Crippen LogP contribution in [0, 0.1) is 11.6 Å². The monoisotopic (exact) mass is 355 g/mol. The van der Waals surface area contributed by atoms with E-state index < -0.39 is 17.6 Å². The van der Waals surface area contributed by atoms with Gasteiger partial charge >= 0.3 is 5.97 Å². The number of carbonyl (C=O) groups excluding carboxylic acids is 1. The van der Waals surface area contributed by atoms with Crippen LogP contribution in [-0.2, 0) is 11.3 Å². The molecule has 2 aromatic carbocycles. The van der Waals surface area contributed by atoms with Crippen LogP contribution in [0.5, 0.6) is 0 Å². The summed E-state index contributed by atoms with van der Waals surface area (Å²) in [6.45, 7) is 0.233. The Bertz CT molecular complexity index is 677. The van der Waals surface area contributed by atoms with E-state index in [-0.39, 0.29) is 12.1 Å². The van der Waals surface area contributed by atoms with E-state index in [1.165, 1.54) is 25.3 Å². The summed E-state index contributed by atoms with van der Waals surface area (Å²) in [5.74, 6) is -1.81. The third kappa shape index (κ3) is 3.78. The first-order valence-electron chi connectivity index (χ1n) is 6.07. The smallest absolute Gasteiger partial charge is 0.340 e. The first-order chi connectivity index (χ1) is 10.0. The maximum Gasteiger partial charge on any atom is 0.340 e. The summed E-state index contributed by atoms with van der Waals surface area (Å²) in [6, 6.07) is 8.76. The zero-order valence-electron chi connectivity index (χ0n) is 11.1. The molecular formula is C15H12BrF2NO2. The molecule has 0 fully saturated rings. The fourth-order valence-corrected chi connectivity index (χ4v) is 2.11. The van der Waals surface area contributed by atoms with Gasteiger partial charge in [0.1, 0.15) is 11.6 Å². The number of rotatable bonds is 4. The number of nitrogens with one attached hydrogen (secondary N) is 1. The van der Waals surface area contributed by atoms with E-state index in [9.17, 15) is 13.6 Å². The van der Waals surface area contributed by atoms with Gasteiger partial charge in [0.15, 0.2) is 0 Å². The highest BCUT2D eigenvalue weighted by Crippen LogP contribution is 2.20. The molecule has 0 saturated heterocycles. The van der Waals surface area contributed by atoms with Crippen LogP contribution in [0.3, 0.4) is 0 Å². The third-order valence-electron chi connectivity index (χ3n) is 2.85. The van der Waals surface area contributed by atoms with E-state index in [0.717, 1.165) is 0 Å². The average molecular weight is 356 g/mol. The summed E-state index contributed by atoms with van der Waals surface area (Å²) in [5, 5.41) is 2.87. The fraction of sp³-hybridized carbons (Fsp3) is 0.133. The molecule has 0 unspecified atom stereocenters. The lowest BCUT2D eigenvalue weighted by Crippen LogP contribution is -2.06. The van der Waals surface area contributed by atoms with Gasteiger partial charge in [0.2, 0.25) is 0 Å². The quantitative estimate of drug-likeness (QED) is 0.838. The van der Waals surface area contributed by atoms with Gasteiger partial charge in [-0.2, -0.15) is 0 Å². The van der Waals surface area contributed by atoms with E-state index in [2.05, 4.69) is 26.0 Å². The lowest BCUT2D eigenvalue weighted by molar-refractivity contribution is 0.0595. The van der Waals surface area contributed by atoms with Crippen LogP contribution in [0.2, 0.25) is 0 Å². The van der Waals surface area contributed by atoms with Gasteiger partial charge in [0.05, 0.1) is 18.4 Å². The van der Waals surface area contributed by atoms with Crippen molar-refractivity contribution in [1.82, 2.24) is 0 Å². The van der Waals surface area contributed by atoms with Crippen molar-refractivity contribution in [2.45, 2.75) is 6.54 Å². The normalized spacial score (nSPS) is 10.3. The van der Waals surface area contributed by atoms with E-state index in [1.807, 2.05) is 0 Å². The second-order valence-electron chi connectivity index (χ2n) is 4.28. The lowest BCUT2D eigenvalue weighted by Gasteiger charge is -2.09. The Balaban J connectivity index is 2.10. The summed E-state index contributed by atoms with van der Waals surface area (Å²) < 4.78 is 32.5. The second-order valence-corrected chi connectivity index (χ2v) is 5.20. The van der Waals surface area contributed by atoms with Crippen LogP contribution in [0.1, 0.15) is 15.9 Å². The molecule has 6 heteroatoms. The maximum absolute atomic E-state index is 13.7. The van der Waals surface area contributed by atoms with Crippen molar-refractivity contribution in [3.8, 4) is 0 Å². The van der Waals surface area contributed by atoms with Gasteiger partial charge in [-0.25, -0.2) is 13.6 Å². The molecule has 0 aliphatic rings. The van der Waals surface area contributed by atoms with Crippen LogP contribution in [0.25, 0.3) is 0 Å². The van der Waals surface area contributed by atoms with Crippen molar-refractivity contribution in [2.24, 2.45) is 0 Å². The van der Waals surface area contributed by atoms with Crippen molar-refractivity contribution >= 4 is 27.6 Å². The molecule has 0 aromatic heterocycles. The number of esters is 1. The summed E-state index contributed by atoms with van der Waals surface area (Å²) >= 11 is 3.17. The zero-order valence-corrected chi connectivity index (χ0v) is 12.7. The van der Waals surface area contributed by atoms with Crippen LogP contribution in [0.15, 0.2) is 40.9 Å². The molecular weight excluding hydrogens is 344 g/mol. The molecule has 0 atom stereocenters. The molecule has 0 heterocycles. The number of anilines is 1. The van der Waals surface area contributed by atoms with Crippen molar-refractivity contribution in [2.75, 3.05) is 12.4 Å². The van der Waals surface area contributed by atoms with Crippen molar-refractivity contribution in [3.05, 3.63) is 63.6 Å². The number of halogens is 3. The first-order valence-corrected chi connectivity index (χ1v) is 6.86. The van der Waals surface area contributed by atoms with Crippen LogP contribution in [-0.4, -0.2) is 13.1 Å². The zero-order chi connectivity index (χ0) is 15.4. The summed E-state index contributed by atoms with van der Waals surface area (Å²) in [5.41, 5.74) is 0.772. The Morgan fingerprint density at radius 1 is 1.19 bits per heavy atom. The number of benzene rings is 2. The maximum atomic E-state index is 13.7. The van der Waals surface area contributed by atoms with E-state index in [0.29, 0.717) is 15.7 Å². The molecule has 2 aromatic rings. The molecule has 0 saturated carbocycles. The number of hydrogen-bond acceptors (Lipinski definition) is 3. The molecule has 0 amide bonds. The van der Waals surface area contributed by atoms with Crippen LogP contribution < -0.4 is 5.32 Å².